The van der Waals surface area contributed by atoms with Crippen molar-refractivity contribution in [1.29, 1.82) is 0 Å². The lowest BCUT2D eigenvalue weighted by Gasteiger charge is -2.38. The van der Waals surface area contributed by atoms with Crippen molar-refractivity contribution in [3.63, 3.8) is 0 Å². The molecule has 0 aromatic heterocycles. The van der Waals surface area contributed by atoms with Gasteiger partial charge in [-0.25, -0.2) is 8.42 Å². The van der Waals surface area contributed by atoms with Crippen LogP contribution in [0.1, 0.15) is 28.8 Å². The molecule has 7 nitrogen and oxygen atoms in total. The SMILES string of the molecule is C=CC(=O)NC1CN(S(=O)(=O)c2ccc(C(=O)NCCCCc3ccccc3)cc2)C1. The summed E-state index contributed by atoms with van der Waals surface area (Å²) in [5.41, 5.74) is 1.70. The Kier molecular flexibility index (Phi) is 7.59. The summed E-state index contributed by atoms with van der Waals surface area (Å²) in [4.78, 5) is 23.7. The monoisotopic (exact) mass is 441 g/mol. The number of nitrogens with one attached hydrogen (secondary N) is 2. The second-order valence-electron chi connectivity index (χ2n) is 7.45. The molecule has 0 unspecified atom stereocenters. The molecule has 0 aliphatic carbocycles. The molecular weight excluding hydrogens is 414 g/mol. The standard InChI is InChI=1S/C23H27N3O4S/c1-2-22(27)25-20-16-26(17-20)31(29,30)21-13-11-19(12-14-21)23(28)24-15-7-6-10-18-8-4-3-5-9-18/h2-5,8-9,11-14,20H,1,6-7,10,15-17H2,(H,24,28)(H,25,27). The highest BCUT2D eigenvalue weighted by molar-refractivity contribution is 7.89. The number of carbonyl (C=O) groups excluding carboxylic acids is 2. The van der Waals surface area contributed by atoms with Crippen LogP contribution in [0.4, 0.5) is 0 Å². The van der Waals surface area contributed by atoms with Crippen LogP contribution >= 0.6 is 0 Å². The maximum Gasteiger partial charge on any atom is 0.251 e. The van der Waals surface area contributed by atoms with Crippen LogP contribution in [0.2, 0.25) is 0 Å². The van der Waals surface area contributed by atoms with E-state index in [0.29, 0.717) is 12.1 Å². The Morgan fingerprint density at radius 1 is 1.03 bits per heavy atom. The van der Waals surface area contributed by atoms with Gasteiger partial charge in [-0.15, -0.1) is 0 Å². The molecule has 0 radical (unpaired) electrons. The smallest absolute Gasteiger partial charge is 0.251 e. The van der Waals surface area contributed by atoms with Crippen LogP contribution in [-0.4, -0.2) is 50.2 Å². The lowest BCUT2D eigenvalue weighted by molar-refractivity contribution is -0.117. The van der Waals surface area contributed by atoms with Gasteiger partial charge in [0.15, 0.2) is 0 Å². The topological polar surface area (TPSA) is 95.6 Å². The molecule has 8 heteroatoms. The van der Waals surface area contributed by atoms with Crippen molar-refractivity contribution in [2.24, 2.45) is 0 Å². The van der Waals surface area contributed by atoms with E-state index in [9.17, 15) is 18.0 Å². The zero-order valence-electron chi connectivity index (χ0n) is 17.3. The van der Waals surface area contributed by atoms with E-state index in [0.717, 1.165) is 25.3 Å². The molecule has 1 saturated heterocycles. The number of sulfonamides is 1. The number of carbonyl (C=O) groups is 2. The van der Waals surface area contributed by atoms with E-state index in [1.807, 2.05) is 18.2 Å². The molecule has 0 bridgehead atoms. The van der Waals surface area contributed by atoms with E-state index >= 15 is 0 Å². The second-order valence-corrected chi connectivity index (χ2v) is 9.39. The molecule has 164 valence electrons. The number of hydrogen-bond donors (Lipinski definition) is 2. The van der Waals surface area contributed by atoms with Crippen LogP contribution in [-0.2, 0) is 21.2 Å². The Morgan fingerprint density at radius 2 is 1.71 bits per heavy atom. The summed E-state index contributed by atoms with van der Waals surface area (Å²) >= 11 is 0. The Balaban J connectivity index is 1.44. The summed E-state index contributed by atoms with van der Waals surface area (Å²) in [5.74, 6) is -0.544. The molecule has 1 heterocycles. The highest BCUT2D eigenvalue weighted by Gasteiger charge is 2.37. The van der Waals surface area contributed by atoms with Crippen molar-refractivity contribution in [1.82, 2.24) is 14.9 Å². The van der Waals surface area contributed by atoms with Gasteiger partial charge in [-0.05, 0) is 55.2 Å². The van der Waals surface area contributed by atoms with Gasteiger partial charge in [-0.3, -0.25) is 9.59 Å². The Morgan fingerprint density at radius 3 is 2.35 bits per heavy atom. The van der Waals surface area contributed by atoms with Crippen LogP contribution in [0.3, 0.4) is 0 Å². The molecule has 1 aliphatic rings. The first kappa shape index (κ1) is 22.7. The Hall–Kier alpha value is -2.97. The summed E-state index contributed by atoms with van der Waals surface area (Å²) in [7, 11) is -3.65. The minimum absolute atomic E-state index is 0.125. The highest BCUT2D eigenvalue weighted by Crippen LogP contribution is 2.22. The van der Waals surface area contributed by atoms with Crippen LogP contribution in [0.5, 0.6) is 0 Å². The number of nitrogens with zero attached hydrogens (tertiary/aromatic N) is 1. The van der Waals surface area contributed by atoms with Gasteiger partial charge in [0.25, 0.3) is 5.91 Å². The molecule has 2 amide bonds. The van der Waals surface area contributed by atoms with E-state index < -0.39 is 10.0 Å². The van der Waals surface area contributed by atoms with Crippen LogP contribution in [0.25, 0.3) is 0 Å². The van der Waals surface area contributed by atoms with E-state index in [4.69, 9.17) is 0 Å². The lowest BCUT2D eigenvalue weighted by Crippen LogP contribution is -2.60. The van der Waals surface area contributed by atoms with Gasteiger partial charge < -0.3 is 10.6 Å². The average Bonchev–Trinajstić information content (AvgIpc) is 2.76. The fourth-order valence-electron chi connectivity index (χ4n) is 3.32. The number of amides is 2. The van der Waals surface area contributed by atoms with Crippen molar-refractivity contribution >= 4 is 21.8 Å². The molecule has 31 heavy (non-hydrogen) atoms. The third-order valence-electron chi connectivity index (χ3n) is 5.15. The maximum absolute atomic E-state index is 12.6. The summed E-state index contributed by atoms with van der Waals surface area (Å²) in [5, 5.41) is 5.54. The summed E-state index contributed by atoms with van der Waals surface area (Å²) in [6, 6.07) is 15.9. The third kappa shape index (κ3) is 6.02. The molecule has 3 rings (SSSR count). The quantitative estimate of drug-likeness (QED) is 0.436. The predicted molar refractivity (Wildman–Crippen MR) is 119 cm³/mol. The molecule has 2 aromatic rings. The van der Waals surface area contributed by atoms with Gasteiger partial charge in [0.1, 0.15) is 0 Å². The molecular formula is C23H27N3O4S. The minimum Gasteiger partial charge on any atom is -0.352 e. The van der Waals surface area contributed by atoms with Gasteiger partial charge in [0.05, 0.1) is 10.9 Å². The largest absolute Gasteiger partial charge is 0.352 e. The molecule has 0 atom stereocenters. The summed E-state index contributed by atoms with van der Waals surface area (Å²) < 4.78 is 26.6. The number of benzene rings is 2. The van der Waals surface area contributed by atoms with Crippen LogP contribution in [0, 0.1) is 0 Å². The van der Waals surface area contributed by atoms with E-state index in [-0.39, 0.29) is 35.8 Å². The fourth-order valence-corrected chi connectivity index (χ4v) is 4.85. The van der Waals surface area contributed by atoms with Gasteiger partial charge in [-0.1, -0.05) is 36.9 Å². The lowest BCUT2D eigenvalue weighted by atomic mass is 10.1. The number of rotatable bonds is 10. The molecule has 2 N–H and O–H groups in total. The second kappa shape index (κ2) is 10.4. The van der Waals surface area contributed by atoms with E-state index in [1.54, 1.807) is 0 Å². The Bertz CT molecular complexity index is 1010. The van der Waals surface area contributed by atoms with Crippen molar-refractivity contribution in [3.05, 3.63) is 78.4 Å². The van der Waals surface area contributed by atoms with Crippen molar-refractivity contribution < 1.29 is 18.0 Å². The first-order chi connectivity index (χ1) is 14.9. The third-order valence-corrected chi connectivity index (χ3v) is 7.00. The number of aryl methyl sites for hydroxylation is 1. The van der Waals surface area contributed by atoms with Gasteiger partial charge >= 0.3 is 0 Å². The molecule has 2 aromatic carbocycles. The zero-order chi connectivity index (χ0) is 22.3. The molecule has 1 aliphatic heterocycles. The predicted octanol–water partition coefficient (Wildman–Crippen LogP) is 2.11. The van der Waals surface area contributed by atoms with Crippen LogP contribution < -0.4 is 10.6 Å². The fraction of sp³-hybridized carbons (Fsp3) is 0.304. The maximum atomic E-state index is 12.6. The van der Waals surface area contributed by atoms with Gasteiger partial charge in [0.2, 0.25) is 15.9 Å². The number of hydrogen-bond acceptors (Lipinski definition) is 4. The van der Waals surface area contributed by atoms with Gasteiger partial charge in [-0.2, -0.15) is 4.31 Å². The zero-order valence-corrected chi connectivity index (χ0v) is 18.1. The van der Waals surface area contributed by atoms with Crippen molar-refractivity contribution in [3.8, 4) is 0 Å². The summed E-state index contributed by atoms with van der Waals surface area (Å²) in [6.07, 6.45) is 3.97. The molecule has 0 saturated carbocycles. The van der Waals surface area contributed by atoms with Gasteiger partial charge in [0, 0.05) is 25.2 Å². The van der Waals surface area contributed by atoms with E-state index in [1.165, 1.54) is 34.1 Å². The Labute approximate surface area is 183 Å². The number of unbranched alkanes of at least 4 members (excludes halogenated alkanes) is 1. The minimum atomic E-state index is -3.65. The van der Waals surface area contributed by atoms with E-state index in [2.05, 4.69) is 29.3 Å². The molecule has 1 fully saturated rings. The summed E-state index contributed by atoms with van der Waals surface area (Å²) in [6.45, 7) is 4.37. The first-order valence-corrected chi connectivity index (χ1v) is 11.7. The van der Waals surface area contributed by atoms with Crippen molar-refractivity contribution in [2.45, 2.75) is 30.2 Å². The molecule has 0 spiro atoms. The first-order valence-electron chi connectivity index (χ1n) is 10.3. The van der Waals surface area contributed by atoms with Crippen LogP contribution in [0.15, 0.2) is 72.1 Å². The normalized spacial score (nSPS) is 14.5. The highest BCUT2D eigenvalue weighted by atomic mass is 32.2. The average molecular weight is 442 g/mol. The van der Waals surface area contributed by atoms with Crippen molar-refractivity contribution in [2.75, 3.05) is 19.6 Å².